The highest BCUT2D eigenvalue weighted by Crippen LogP contribution is 2.21. The molecule has 2 aromatic rings. The highest BCUT2D eigenvalue weighted by atomic mass is 16.1. The van der Waals surface area contributed by atoms with Crippen LogP contribution in [0.25, 0.3) is 0 Å². The number of anilines is 1. The van der Waals surface area contributed by atoms with Crippen molar-refractivity contribution in [3.8, 4) is 0 Å². The molecule has 26 heavy (non-hydrogen) atoms. The predicted octanol–water partition coefficient (Wildman–Crippen LogP) is 3.59. The first-order chi connectivity index (χ1) is 12.5. The first kappa shape index (κ1) is 18.6. The summed E-state index contributed by atoms with van der Waals surface area (Å²) >= 11 is 0. The van der Waals surface area contributed by atoms with E-state index in [2.05, 4.69) is 34.4 Å². The molecule has 2 heterocycles. The van der Waals surface area contributed by atoms with E-state index in [0.29, 0.717) is 6.42 Å². The van der Waals surface area contributed by atoms with Gasteiger partial charge in [0.15, 0.2) is 0 Å². The molecule has 5 nitrogen and oxygen atoms in total. The fourth-order valence-corrected chi connectivity index (χ4v) is 3.77. The molecule has 5 heteroatoms. The molecule has 0 unspecified atom stereocenters. The van der Waals surface area contributed by atoms with Crippen LogP contribution in [0.15, 0.2) is 24.3 Å². The molecule has 0 saturated carbocycles. The average Bonchev–Trinajstić information content (AvgIpc) is 2.88. The number of para-hydroxylation sites is 1. The Morgan fingerprint density at radius 1 is 1.15 bits per heavy atom. The number of aryl methyl sites for hydroxylation is 2. The van der Waals surface area contributed by atoms with Gasteiger partial charge in [-0.2, -0.15) is 5.10 Å². The number of nitrogens with zero attached hydrogens (tertiary/aromatic N) is 3. The van der Waals surface area contributed by atoms with Gasteiger partial charge in [0.2, 0.25) is 5.91 Å². The van der Waals surface area contributed by atoms with Crippen molar-refractivity contribution < 1.29 is 4.79 Å². The van der Waals surface area contributed by atoms with E-state index >= 15 is 0 Å². The second-order valence-corrected chi connectivity index (χ2v) is 7.32. The number of carbonyl (C=O) groups is 1. The molecule has 1 aliphatic rings. The van der Waals surface area contributed by atoms with Gasteiger partial charge in [0.05, 0.1) is 5.69 Å². The van der Waals surface area contributed by atoms with Gasteiger partial charge in [0, 0.05) is 31.4 Å². The molecule has 3 rings (SSSR count). The van der Waals surface area contributed by atoms with Crippen LogP contribution in [0.4, 0.5) is 5.69 Å². The third-order valence-corrected chi connectivity index (χ3v) is 5.40. The lowest BCUT2D eigenvalue weighted by Crippen LogP contribution is -2.29. The summed E-state index contributed by atoms with van der Waals surface area (Å²) in [5.41, 5.74) is 5.49. The molecule has 1 aromatic carbocycles. The first-order valence-electron chi connectivity index (χ1n) is 9.64. The van der Waals surface area contributed by atoms with Crippen molar-refractivity contribution in [2.75, 3.05) is 18.4 Å². The number of carbonyl (C=O) groups excluding carboxylic acids is 1. The highest BCUT2D eigenvalue weighted by molar-refractivity contribution is 5.91. The summed E-state index contributed by atoms with van der Waals surface area (Å²) in [4.78, 5) is 15.0. The summed E-state index contributed by atoms with van der Waals surface area (Å²) in [6.07, 6.45) is 5.09. The topological polar surface area (TPSA) is 50.2 Å². The summed E-state index contributed by atoms with van der Waals surface area (Å²) in [7, 11) is 1.95. The Kier molecular flexibility index (Phi) is 6.09. The summed E-state index contributed by atoms with van der Waals surface area (Å²) in [6.45, 7) is 7.29. The van der Waals surface area contributed by atoms with Gasteiger partial charge in [-0.3, -0.25) is 14.4 Å². The molecule has 1 aliphatic heterocycles. The number of nitrogens with one attached hydrogen (secondary N) is 1. The zero-order chi connectivity index (χ0) is 18.5. The number of piperidine rings is 1. The van der Waals surface area contributed by atoms with E-state index < -0.39 is 0 Å². The number of benzene rings is 1. The van der Waals surface area contributed by atoms with Crippen LogP contribution in [0.3, 0.4) is 0 Å². The van der Waals surface area contributed by atoms with Crippen LogP contribution in [-0.2, 0) is 24.8 Å². The fourth-order valence-electron chi connectivity index (χ4n) is 3.77. The Morgan fingerprint density at radius 2 is 1.88 bits per heavy atom. The lowest BCUT2D eigenvalue weighted by atomic mass is 10.1. The Bertz CT molecular complexity index is 759. The molecule has 0 spiro atoms. The molecule has 0 bridgehead atoms. The number of aromatic nitrogens is 2. The molecule has 1 amide bonds. The fraction of sp³-hybridized carbons (Fsp3) is 0.524. The van der Waals surface area contributed by atoms with Crippen LogP contribution in [0.2, 0.25) is 0 Å². The monoisotopic (exact) mass is 354 g/mol. The number of hydrogen-bond donors (Lipinski definition) is 1. The SMILES string of the molecule is Cc1nn(C)c(C)c1CCC(=O)Nc1ccccc1CN1CCCCC1. The van der Waals surface area contributed by atoms with Gasteiger partial charge >= 0.3 is 0 Å². The minimum Gasteiger partial charge on any atom is -0.326 e. The van der Waals surface area contributed by atoms with Gasteiger partial charge in [-0.05, 0) is 63.4 Å². The van der Waals surface area contributed by atoms with Crippen LogP contribution in [0.5, 0.6) is 0 Å². The molecular formula is C21H30N4O. The number of amides is 1. The third kappa shape index (κ3) is 4.52. The summed E-state index contributed by atoms with van der Waals surface area (Å²) in [5, 5.41) is 7.55. The Balaban J connectivity index is 1.60. The Labute approximate surface area is 156 Å². The lowest BCUT2D eigenvalue weighted by Gasteiger charge is -2.27. The van der Waals surface area contributed by atoms with Gasteiger partial charge in [0.1, 0.15) is 0 Å². The average molecular weight is 354 g/mol. The molecule has 0 aliphatic carbocycles. The maximum atomic E-state index is 12.5. The van der Waals surface area contributed by atoms with Crippen LogP contribution >= 0.6 is 0 Å². The van der Waals surface area contributed by atoms with Crippen molar-refractivity contribution in [3.63, 3.8) is 0 Å². The molecule has 1 N–H and O–H groups in total. The molecule has 1 aromatic heterocycles. The van der Waals surface area contributed by atoms with Crippen molar-refractivity contribution >= 4 is 11.6 Å². The second kappa shape index (κ2) is 8.49. The number of hydrogen-bond acceptors (Lipinski definition) is 3. The van der Waals surface area contributed by atoms with Crippen LogP contribution < -0.4 is 5.32 Å². The van der Waals surface area contributed by atoms with Crippen molar-refractivity contribution in [3.05, 3.63) is 46.8 Å². The maximum absolute atomic E-state index is 12.5. The first-order valence-corrected chi connectivity index (χ1v) is 9.64. The largest absolute Gasteiger partial charge is 0.326 e. The van der Waals surface area contributed by atoms with E-state index in [0.717, 1.165) is 43.1 Å². The van der Waals surface area contributed by atoms with Gasteiger partial charge in [0.25, 0.3) is 0 Å². The standard InChI is InChI=1S/C21H30N4O/c1-16-19(17(2)24(3)23-16)11-12-21(26)22-20-10-6-5-9-18(20)15-25-13-7-4-8-14-25/h5-6,9-10H,4,7-8,11-15H2,1-3H3,(H,22,26). The van der Waals surface area contributed by atoms with E-state index in [9.17, 15) is 4.79 Å². The van der Waals surface area contributed by atoms with Gasteiger partial charge < -0.3 is 5.32 Å². The molecule has 0 atom stereocenters. The zero-order valence-electron chi connectivity index (χ0n) is 16.2. The third-order valence-electron chi connectivity index (χ3n) is 5.40. The summed E-state index contributed by atoms with van der Waals surface area (Å²) in [6, 6.07) is 8.18. The van der Waals surface area contributed by atoms with E-state index in [1.54, 1.807) is 0 Å². The minimum atomic E-state index is 0.0683. The minimum absolute atomic E-state index is 0.0683. The second-order valence-electron chi connectivity index (χ2n) is 7.32. The van der Waals surface area contributed by atoms with E-state index in [-0.39, 0.29) is 5.91 Å². The normalized spacial score (nSPS) is 15.2. The van der Waals surface area contributed by atoms with Gasteiger partial charge in [-0.1, -0.05) is 24.6 Å². The highest BCUT2D eigenvalue weighted by Gasteiger charge is 2.15. The number of likely N-dealkylation sites (tertiary alicyclic amines) is 1. The van der Waals surface area contributed by atoms with Crippen molar-refractivity contribution in [2.45, 2.75) is 52.5 Å². The Hall–Kier alpha value is -2.14. The molecule has 1 fully saturated rings. The molecule has 1 saturated heterocycles. The van der Waals surface area contributed by atoms with Crippen molar-refractivity contribution in [2.24, 2.45) is 7.05 Å². The quantitative estimate of drug-likeness (QED) is 0.862. The smallest absolute Gasteiger partial charge is 0.224 e. The molecule has 0 radical (unpaired) electrons. The molecule has 140 valence electrons. The summed E-state index contributed by atoms with van der Waals surface area (Å²) < 4.78 is 1.89. The van der Waals surface area contributed by atoms with Crippen LogP contribution in [0, 0.1) is 13.8 Å². The zero-order valence-corrected chi connectivity index (χ0v) is 16.2. The lowest BCUT2D eigenvalue weighted by molar-refractivity contribution is -0.116. The Morgan fingerprint density at radius 3 is 2.58 bits per heavy atom. The van der Waals surface area contributed by atoms with Crippen molar-refractivity contribution in [1.82, 2.24) is 14.7 Å². The van der Waals surface area contributed by atoms with Gasteiger partial charge in [-0.15, -0.1) is 0 Å². The maximum Gasteiger partial charge on any atom is 0.224 e. The van der Waals surface area contributed by atoms with E-state index in [1.165, 1.54) is 30.4 Å². The van der Waals surface area contributed by atoms with Crippen molar-refractivity contribution in [1.29, 1.82) is 0 Å². The van der Waals surface area contributed by atoms with E-state index in [1.807, 2.05) is 30.8 Å². The van der Waals surface area contributed by atoms with Gasteiger partial charge in [-0.25, -0.2) is 0 Å². The van der Waals surface area contributed by atoms with E-state index in [4.69, 9.17) is 0 Å². The molecular weight excluding hydrogens is 324 g/mol. The van der Waals surface area contributed by atoms with Crippen LogP contribution in [-0.4, -0.2) is 33.7 Å². The summed E-state index contributed by atoms with van der Waals surface area (Å²) in [5.74, 6) is 0.0683. The number of rotatable bonds is 6. The van der Waals surface area contributed by atoms with Crippen LogP contribution in [0.1, 0.15) is 48.2 Å². The predicted molar refractivity (Wildman–Crippen MR) is 105 cm³/mol.